The number of carbonyl (C=O) groups is 1. The normalized spacial score (nSPS) is 14.2. The molecule has 102 valence electrons. The fourth-order valence-electron chi connectivity index (χ4n) is 1.28. The molecule has 0 aliphatic rings. The van der Waals surface area contributed by atoms with E-state index in [1.807, 2.05) is 0 Å². The van der Waals surface area contributed by atoms with Crippen molar-refractivity contribution in [3.05, 3.63) is 16.1 Å². The van der Waals surface area contributed by atoms with Crippen molar-refractivity contribution in [2.24, 2.45) is 5.73 Å². The average Bonchev–Trinajstić information content (AvgIpc) is 2.82. The number of nitrogens with one attached hydrogen (secondary N) is 1. The third kappa shape index (κ3) is 4.69. The lowest BCUT2D eigenvalue weighted by Gasteiger charge is -2.22. The molecule has 1 rings (SSSR count). The van der Waals surface area contributed by atoms with E-state index in [0.29, 0.717) is 30.3 Å². The molecule has 1 unspecified atom stereocenters. The van der Waals surface area contributed by atoms with Crippen LogP contribution in [0.25, 0.3) is 0 Å². The molecule has 4 N–H and O–H groups in total. The topological polar surface area (TPSA) is 97.5 Å². The highest BCUT2D eigenvalue weighted by atomic mass is 32.1. The van der Waals surface area contributed by atoms with E-state index in [1.54, 1.807) is 19.4 Å². The number of ether oxygens (including phenoxy) is 1. The Morgan fingerprint density at radius 1 is 1.72 bits per heavy atom. The Hall–Kier alpha value is -1.02. The first kappa shape index (κ1) is 15.0. The minimum Gasteiger partial charge on any atom is -0.388 e. The molecule has 0 saturated carbocycles. The predicted molar refractivity (Wildman–Crippen MR) is 69.5 cm³/mol. The summed E-state index contributed by atoms with van der Waals surface area (Å²) in [5, 5.41) is 15.0. The van der Waals surface area contributed by atoms with Gasteiger partial charge in [0.05, 0.1) is 5.60 Å². The predicted octanol–water partition coefficient (Wildman–Crippen LogP) is 0.119. The summed E-state index contributed by atoms with van der Waals surface area (Å²) < 4.78 is 4.89. The van der Waals surface area contributed by atoms with E-state index in [4.69, 9.17) is 10.5 Å². The van der Waals surface area contributed by atoms with Gasteiger partial charge in [-0.2, -0.15) is 0 Å². The smallest absolute Gasteiger partial charge is 0.270 e. The number of nitrogens with zero attached hydrogens (tertiary/aromatic N) is 1. The summed E-state index contributed by atoms with van der Waals surface area (Å²) >= 11 is 1.35. The molecule has 1 atom stereocenters. The van der Waals surface area contributed by atoms with Gasteiger partial charge in [-0.1, -0.05) is 0 Å². The molecule has 0 radical (unpaired) electrons. The van der Waals surface area contributed by atoms with Crippen LogP contribution in [-0.2, 0) is 11.3 Å². The van der Waals surface area contributed by atoms with Crippen molar-refractivity contribution in [3.8, 4) is 0 Å². The molecule has 0 spiro atoms. The van der Waals surface area contributed by atoms with Crippen LogP contribution in [0.2, 0.25) is 0 Å². The maximum absolute atomic E-state index is 11.7. The Morgan fingerprint density at radius 3 is 3.00 bits per heavy atom. The van der Waals surface area contributed by atoms with Crippen LogP contribution in [0.3, 0.4) is 0 Å². The molecule has 0 saturated heterocycles. The SMILES string of the molecule is COCCC(C)(O)CNC(=O)c1csc(CN)n1. The summed E-state index contributed by atoms with van der Waals surface area (Å²) in [4.78, 5) is 15.8. The fourth-order valence-corrected chi connectivity index (χ4v) is 1.94. The van der Waals surface area contributed by atoms with E-state index in [1.165, 1.54) is 11.3 Å². The molecule has 1 aromatic heterocycles. The standard InChI is InChI=1S/C11H19N3O3S/c1-11(16,3-4-17-2)7-13-10(15)8-6-18-9(5-12)14-8/h6,16H,3-5,7,12H2,1-2H3,(H,13,15). The van der Waals surface area contributed by atoms with E-state index in [-0.39, 0.29) is 12.5 Å². The van der Waals surface area contributed by atoms with E-state index >= 15 is 0 Å². The van der Waals surface area contributed by atoms with Crippen LogP contribution < -0.4 is 11.1 Å². The van der Waals surface area contributed by atoms with Crippen LogP contribution >= 0.6 is 11.3 Å². The van der Waals surface area contributed by atoms with Gasteiger partial charge in [0.1, 0.15) is 10.7 Å². The van der Waals surface area contributed by atoms with E-state index in [9.17, 15) is 9.90 Å². The monoisotopic (exact) mass is 273 g/mol. The third-order valence-electron chi connectivity index (χ3n) is 2.43. The van der Waals surface area contributed by atoms with Gasteiger partial charge < -0.3 is 20.9 Å². The fraction of sp³-hybridized carbons (Fsp3) is 0.636. The Morgan fingerprint density at radius 2 is 2.44 bits per heavy atom. The van der Waals surface area contributed by atoms with Crippen LogP contribution in [0.4, 0.5) is 0 Å². The highest BCUT2D eigenvalue weighted by Gasteiger charge is 2.21. The lowest BCUT2D eigenvalue weighted by molar-refractivity contribution is 0.0243. The summed E-state index contributed by atoms with van der Waals surface area (Å²) in [6.45, 7) is 2.57. The summed E-state index contributed by atoms with van der Waals surface area (Å²) in [6.07, 6.45) is 0.453. The van der Waals surface area contributed by atoms with Crippen molar-refractivity contribution in [2.75, 3.05) is 20.3 Å². The number of thiazole rings is 1. The number of aliphatic hydroxyl groups is 1. The van der Waals surface area contributed by atoms with E-state index in [0.717, 1.165) is 0 Å². The molecule has 1 heterocycles. The molecular weight excluding hydrogens is 254 g/mol. The molecule has 0 fully saturated rings. The van der Waals surface area contributed by atoms with Crippen molar-refractivity contribution in [3.63, 3.8) is 0 Å². The van der Waals surface area contributed by atoms with Crippen LogP contribution in [0.15, 0.2) is 5.38 Å². The van der Waals surface area contributed by atoms with Gasteiger partial charge in [-0.25, -0.2) is 4.98 Å². The number of carbonyl (C=O) groups excluding carboxylic acids is 1. The third-order valence-corrected chi connectivity index (χ3v) is 3.30. The van der Waals surface area contributed by atoms with Gasteiger partial charge in [0, 0.05) is 38.6 Å². The van der Waals surface area contributed by atoms with Crippen molar-refractivity contribution in [1.29, 1.82) is 0 Å². The maximum atomic E-state index is 11.7. The molecular formula is C11H19N3O3S. The van der Waals surface area contributed by atoms with Gasteiger partial charge in [0.15, 0.2) is 0 Å². The van der Waals surface area contributed by atoms with E-state index in [2.05, 4.69) is 10.3 Å². The Kier molecular flexibility index (Phi) is 5.67. The molecule has 1 aromatic rings. The molecule has 18 heavy (non-hydrogen) atoms. The Labute approximate surface area is 110 Å². The maximum Gasteiger partial charge on any atom is 0.270 e. The van der Waals surface area contributed by atoms with Gasteiger partial charge in [-0.3, -0.25) is 4.79 Å². The van der Waals surface area contributed by atoms with Crippen molar-refractivity contribution < 1.29 is 14.6 Å². The molecule has 7 heteroatoms. The van der Waals surface area contributed by atoms with Crippen LogP contribution in [0.1, 0.15) is 28.8 Å². The molecule has 0 aliphatic carbocycles. The highest BCUT2D eigenvalue weighted by Crippen LogP contribution is 2.10. The van der Waals surface area contributed by atoms with Gasteiger partial charge >= 0.3 is 0 Å². The lowest BCUT2D eigenvalue weighted by atomic mass is 10.0. The largest absolute Gasteiger partial charge is 0.388 e. The zero-order chi connectivity index (χ0) is 13.6. The van der Waals surface area contributed by atoms with E-state index < -0.39 is 5.60 Å². The minimum absolute atomic E-state index is 0.157. The minimum atomic E-state index is -0.988. The quantitative estimate of drug-likeness (QED) is 0.655. The molecule has 0 bridgehead atoms. The average molecular weight is 273 g/mol. The number of aromatic nitrogens is 1. The number of hydrogen-bond acceptors (Lipinski definition) is 6. The van der Waals surface area contributed by atoms with Crippen LogP contribution in [-0.4, -0.2) is 41.9 Å². The van der Waals surface area contributed by atoms with Crippen LogP contribution in [0, 0.1) is 0 Å². The van der Waals surface area contributed by atoms with Crippen molar-refractivity contribution >= 4 is 17.2 Å². The number of methoxy groups -OCH3 is 1. The first-order valence-electron chi connectivity index (χ1n) is 5.62. The summed E-state index contributed by atoms with van der Waals surface area (Å²) in [6, 6.07) is 0. The second-order valence-electron chi connectivity index (χ2n) is 4.25. The zero-order valence-electron chi connectivity index (χ0n) is 10.6. The number of hydrogen-bond donors (Lipinski definition) is 3. The van der Waals surface area contributed by atoms with Gasteiger partial charge in [0.2, 0.25) is 0 Å². The Bertz CT molecular complexity index is 393. The second kappa shape index (κ2) is 6.79. The van der Waals surface area contributed by atoms with Crippen molar-refractivity contribution in [1.82, 2.24) is 10.3 Å². The second-order valence-corrected chi connectivity index (χ2v) is 5.20. The summed E-state index contributed by atoms with van der Waals surface area (Å²) in [5.74, 6) is -0.302. The molecule has 6 nitrogen and oxygen atoms in total. The number of nitrogens with two attached hydrogens (primary N) is 1. The number of rotatable bonds is 7. The first-order valence-corrected chi connectivity index (χ1v) is 6.50. The molecule has 0 aromatic carbocycles. The van der Waals surface area contributed by atoms with Gasteiger partial charge in [0.25, 0.3) is 5.91 Å². The molecule has 1 amide bonds. The van der Waals surface area contributed by atoms with Crippen LogP contribution in [0.5, 0.6) is 0 Å². The number of amides is 1. The van der Waals surface area contributed by atoms with Gasteiger partial charge in [-0.05, 0) is 6.92 Å². The zero-order valence-corrected chi connectivity index (χ0v) is 11.4. The highest BCUT2D eigenvalue weighted by molar-refractivity contribution is 7.09. The molecule has 0 aliphatic heterocycles. The lowest BCUT2D eigenvalue weighted by Crippen LogP contribution is -2.41. The summed E-state index contributed by atoms with van der Waals surface area (Å²) in [5.41, 5.74) is 4.77. The summed E-state index contributed by atoms with van der Waals surface area (Å²) in [7, 11) is 1.57. The Balaban J connectivity index is 2.45. The van der Waals surface area contributed by atoms with Crippen molar-refractivity contribution in [2.45, 2.75) is 25.5 Å². The first-order chi connectivity index (χ1) is 8.48. The van der Waals surface area contributed by atoms with Gasteiger partial charge in [-0.15, -0.1) is 11.3 Å².